The smallest absolute Gasteiger partial charge is 0.170 e. The highest BCUT2D eigenvalue weighted by molar-refractivity contribution is 7.99. The van der Waals surface area contributed by atoms with Crippen molar-refractivity contribution in [3.8, 4) is 0 Å². The summed E-state index contributed by atoms with van der Waals surface area (Å²) in [6.07, 6.45) is 0. The number of rotatable bonds is 5. The zero-order chi connectivity index (χ0) is 12.8. The molecule has 1 atom stereocenters. The van der Waals surface area contributed by atoms with Gasteiger partial charge in [0.25, 0.3) is 0 Å². The zero-order valence-corrected chi connectivity index (χ0v) is 11.4. The van der Waals surface area contributed by atoms with E-state index in [0.29, 0.717) is 11.2 Å². The molecular formula is C13H20N2OS. The predicted molar refractivity (Wildman–Crippen MR) is 74.5 cm³/mol. The highest BCUT2D eigenvalue weighted by Gasteiger charge is 2.07. The second-order valence-corrected chi connectivity index (χ2v) is 5.81. The number of thioether (sulfide) groups is 1. The largest absolute Gasteiger partial charge is 0.409 e. The minimum absolute atomic E-state index is 0.153. The Morgan fingerprint density at radius 3 is 2.35 bits per heavy atom. The van der Waals surface area contributed by atoms with Gasteiger partial charge in [0.1, 0.15) is 0 Å². The van der Waals surface area contributed by atoms with Crippen LogP contribution in [0.5, 0.6) is 0 Å². The molecule has 0 saturated heterocycles. The van der Waals surface area contributed by atoms with Crippen molar-refractivity contribution in [1.82, 2.24) is 0 Å². The topological polar surface area (TPSA) is 58.6 Å². The fraction of sp³-hybridized carbons (Fsp3) is 0.462. The minimum Gasteiger partial charge on any atom is -0.409 e. The first kappa shape index (κ1) is 13.9. The number of amidine groups is 1. The van der Waals surface area contributed by atoms with Crippen LogP contribution in [0.25, 0.3) is 0 Å². The molecule has 3 nitrogen and oxygen atoms in total. The molecule has 1 aromatic carbocycles. The van der Waals surface area contributed by atoms with Crippen molar-refractivity contribution in [2.75, 3.05) is 0 Å². The number of hydrogen-bond acceptors (Lipinski definition) is 3. The summed E-state index contributed by atoms with van der Waals surface area (Å²) in [5.41, 5.74) is 7.51. The van der Waals surface area contributed by atoms with Gasteiger partial charge in [-0.1, -0.05) is 50.2 Å². The Morgan fingerprint density at radius 1 is 1.29 bits per heavy atom. The van der Waals surface area contributed by atoms with Crippen LogP contribution in [0, 0.1) is 5.92 Å². The van der Waals surface area contributed by atoms with Gasteiger partial charge in [-0.2, -0.15) is 11.8 Å². The van der Waals surface area contributed by atoms with Gasteiger partial charge in [0.2, 0.25) is 0 Å². The molecule has 0 heterocycles. The number of nitrogens with two attached hydrogens (primary N) is 1. The highest BCUT2D eigenvalue weighted by atomic mass is 32.2. The van der Waals surface area contributed by atoms with Crippen molar-refractivity contribution in [1.29, 1.82) is 0 Å². The molecule has 0 fully saturated rings. The third-order valence-corrected chi connectivity index (χ3v) is 4.38. The van der Waals surface area contributed by atoms with E-state index in [0.717, 1.165) is 11.3 Å². The van der Waals surface area contributed by atoms with Crippen molar-refractivity contribution >= 4 is 17.6 Å². The van der Waals surface area contributed by atoms with Crippen LogP contribution in [0.1, 0.15) is 31.9 Å². The Labute approximate surface area is 107 Å². The Morgan fingerprint density at radius 2 is 1.88 bits per heavy atom. The lowest BCUT2D eigenvalue weighted by atomic mass is 10.1. The van der Waals surface area contributed by atoms with Gasteiger partial charge < -0.3 is 10.9 Å². The zero-order valence-electron chi connectivity index (χ0n) is 10.6. The van der Waals surface area contributed by atoms with Gasteiger partial charge in [0.05, 0.1) is 0 Å². The SMILES string of the molecule is CC(C)C(C)SCc1ccc(/C(N)=N/O)cc1. The van der Waals surface area contributed by atoms with Gasteiger partial charge in [-0.3, -0.25) is 0 Å². The molecular weight excluding hydrogens is 232 g/mol. The normalized spacial score (nSPS) is 14.0. The van der Waals surface area contributed by atoms with Gasteiger partial charge in [-0.05, 0) is 11.5 Å². The lowest BCUT2D eigenvalue weighted by molar-refractivity contribution is 0.318. The highest BCUT2D eigenvalue weighted by Crippen LogP contribution is 2.23. The molecule has 0 aromatic heterocycles. The molecule has 94 valence electrons. The van der Waals surface area contributed by atoms with Crippen molar-refractivity contribution in [2.45, 2.75) is 31.8 Å². The molecule has 0 amide bonds. The summed E-state index contributed by atoms with van der Waals surface area (Å²) < 4.78 is 0. The maximum Gasteiger partial charge on any atom is 0.170 e. The maximum atomic E-state index is 8.55. The fourth-order valence-corrected chi connectivity index (χ4v) is 2.28. The summed E-state index contributed by atoms with van der Waals surface area (Å²) in [5, 5.41) is 12.2. The molecule has 17 heavy (non-hydrogen) atoms. The van der Waals surface area contributed by atoms with Crippen molar-refractivity contribution in [3.05, 3.63) is 35.4 Å². The molecule has 0 radical (unpaired) electrons. The Hall–Kier alpha value is -1.16. The number of benzene rings is 1. The summed E-state index contributed by atoms with van der Waals surface area (Å²) >= 11 is 1.95. The first-order valence-electron chi connectivity index (χ1n) is 5.73. The van der Waals surface area contributed by atoms with Gasteiger partial charge in [-0.15, -0.1) is 0 Å². The second-order valence-electron chi connectivity index (χ2n) is 4.44. The molecule has 1 aromatic rings. The Bertz CT molecular complexity index is 374. The summed E-state index contributed by atoms with van der Waals surface area (Å²) in [6, 6.07) is 7.80. The van der Waals surface area contributed by atoms with Crippen LogP contribution in [0.4, 0.5) is 0 Å². The molecule has 4 heteroatoms. The molecule has 0 aliphatic heterocycles. The molecule has 0 bridgehead atoms. The Balaban J connectivity index is 2.57. The molecule has 0 saturated carbocycles. The minimum atomic E-state index is 0.153. The molecule has 1 unspecified atom stereocenters. The van der Waals surface area contributed by atoms with Crippen LogP contribution >= 0.6 is 11.8 Å². The van der Waals surface area contributed by atoms with E-state index in [1.54, 1.807) is 0 Å². The lowest BCUT2D eigenvalue weighted by Gasteiger charge is -2.14. The average Bonchev–Trinajstić information content (AvgIpc) is 2.35. The summed E-state index contributed by atoms with van der Waals surface area (Å²) in [6.45, 7) is 6.72. The third-order valence-electron chi connectivity index (χ3n) is 2.81. The lowest BCUT2D eigenvalue weighted by Crippen LogP contribution is -2.12. The van der Waals surface area contributed by atoms with Crippen LogP contribution in [0.15, 0.2) is 29.4 Å². The first-order valence-corrected chi connectivity index (χ1v) is 6.78. The van der Waals surface area contributed by atoms with Crippen LogP contribution in [0.3, 0.4) is 0 Å². The summed E-state index contributed by atoms with van der Waals surface area (Å²) in [5.74, 6) is 1.84. The molecule has 3 N–H and O–H groups in total. The average molecular weight is 252 g/mol. The standard InChI is InChI=1S/C13H20N2OS/c1-9(2)10(3)17-8-11-4-6-12(7-5-11)13(14)15-16/h4-7,9-10,16H,8H2,1-3H3,(H2,14,15). The maximum absolute atomic E-state index is 8.55. The Kier molecular flexibility index (Phi) is 5.35. The van der Waals surface area contributed by atoms with E-state index in [9.17, 15) is 0 Å². The summed E-state index contributed by atoms with van der Waals surface area (Å²) in [4.78, 5) is 0. The van der Waals surface area contributed by atoms with Crippen LogP contribution in [-0.4, -0.2) is 16.3 Å². The fourth-order valence-electron chi connectivity index (χ4n) is 1.25. The number of nitrogens with zero attached hydrogens (tertiary/aromatic N) is 1. The van der Waals surface area contributed by atoms with E-state index >= 15 is 0 Å². The van der Waals surface area contributed by atoms with Gasteiger partial charge >= 0.3 is 0 Å². The van der Waals surface area contributed by atoms with Crippen LogP contribution in [-0.2, 0) is 5.75 Å². The predicted octanol–water partition coefficient (Wildman–Crippen LogP) is 3.06. The van der Waals surface area contributed by atoms with Crippen molar-refractivity contribution in [2.24, 2.45) is 16.8 Å². The van der Waals surface area contributed by atoms with E-state index in [1.165, 1.54) is 5.56 Å². The van der Waals surface area contributed by atoms with E-state index < -0.39 is 0 Å². The monoisotopic (exact) mass is 252 g/mol. The van der Waals surface area contributed by atoms with E-state index in [1.807, 2.05) is 36.0 Å². The number of oxime groups is 1. The van der Waals surface area contributed by atoms with Gasteiger partial charge in [0.15, 0.2) is 5.84 Å². The first-order chi connectivity index (χ1) is 8.04. The third kappa shape index (κ3) is 4.30. The van der Waals surface area contributed by atoms with E-state index in [4.69, 9.17) is 10.9 Å². The molecule has 0 spiro atoms. The number of hydrogen-bond donors (Lipinski definition) is 2. The molecule has 0 aliphatic carbocycles. The second kappa shape index (κ2) is 6.55. The van der Waals surface area contributed by atoms with E-state index in [2.05, 4.69) is 25.9 Å². The molecule has 0 aliphatic rings. The molecule has 1 rings (SSSR count). The van der Waals surface area contributed by atoms with Crippen molar-refractivity contribution in [3.63, 3.8) is 0 Å². The van der Waals surface area contributed by atoms with Gasteiger partial charge in [-0.25, -0.2) is 0 Å². The van der Waals surface area contributed by atoms with Gasteiger partial charge in [0, 0.05) is 16.6 Å². The quantitative estimate of drug-likeness (QED) is 0.366. The summed E-state index contributed by atoms with van der Waals surface area (Å²) in [7, 11) is 0. The van der Waals surface area contributed by atoms with Crippen LogP contribution in [0.2, 0.25) is 0 Å². The van der Waals surface area contributed by atoms with Crippen LogP contribution < -0.4 is 5.73 Å². The van der Waals surface area contributed by atoms with Crippen molar-refractivity contribution < 1.29 is 5.21 Å². The van der Waals surface area contributed by atoms with E-state index in [-0.39, 0.29) is 5.84 Å².